The summed E-state index contributed by atoms with van der Waals surface area (Å²) in [6.07, 6.45) is 1.81. The monoisotopic (exact) mass is 721 g/mol. The number of carbonyl (C=O) groups excluding carboxylic acids is 1. The molecule has 0 atom stereocenters. The molecule has 1 aliphatic rings. The van der Waals surface area contributed by atoms with Crippen molar-refractivity contribution >= 4 is 85.8 Å². The van der Waals surface area contributed by atoms with Crippen molar-refractivity contribution in [3.8, 4) is 11.8 Å². The van der Waals surface area contributed by atoms with Gasteiger partial charge in [-0.2, -0.15) is 5.26 Å². The number of benzene rings is 3. The second-order valence-corrected chi connectivity index (χ2v) is 11.0. The van der Waals surface area contributed by atoms with E-state index in [0.29, 0.717) is 27.9 Å². The number of aromatic carboxylic acids is 1. The molecular weight excluding hydrogens is 704 g/mol. The number of halogens is 2. The van der Waals surface area contributed by atoms with Crippen LogP contribution in [0.15, 0.2) is 70.6 Å². The first-order chi connectivity index (χ1) is 17.2. The van der Waals surface area contributed by atoms with Gasteiger partial charge < -0.3 is 9.84 Å². The average Bonchev–Trinajstić information content (AvgIpc) is 3.11. The van der Waals surface area contributed by atoms with Crippen LogP contribution in [0.4, 0.5) is 5.69 Å². The van der Waals surface area contributed by atoms with E-state index in [1.807, 2.05) is 30.3 Å². The van der Waals surface area contributed by atoms with Crippen molar-refractivity contribution in [1.82, 2.24) is 4.90 Å². The number of likely N-dealkylation sites (N-methyl/N-ethyl adjacent to an activating group) is 1. The Bertz CT molecular complexity index is 1440. The van der Waals surface area contributed by atoms with Gasteiger partial charge in [0.1, 0.15) is 12.4 Å². The van der Waals surface area contributed by atoms with Gasteiger partial charge in [-0.3, -0.25) is 9.69 Å². The first kappa shape index (κ1) is 26.2. The van der Waals surface area contributed by atoms with Crippen molar-refractivity contribution in [2.24, 2.45) is 4.99 Å². The van der Waals surface area contributed by atoms with Crippen molar-refractivity contribution in [3.63, 3.8) is 0 Å². The maximum absolute atomic E-state index is 12.8. The summed E-state index contributed by atoms with van der Waals surface area (Å²) in [5, 5.41) is 18.6. The lowest BCUT2D eigenvalue weighted by atomic mass is 10.1. The second kappa shape index (κ2) is 11.4. The van der Waals surface area contributed by atoms with Gasteiger partial charge in [-0.1, -0.05) is 18.2 Å². The molecule has 1 heterocycles. The first-order valence-electron chi connectivity index (χ1n) is 10.5. The molecule has 0 radical (unpaired) electrons. The summed E-state index contributed by atoms with van der Waals surface area (Å²) >= 11 is 5.66. The maximum Gasteiger partial charge on any atom is 0.335 e. The van der Waals surface area contributed by atoms with Crippen molar-refractivity contribution in [3.05, 3.63) is 95.0 Å². The van der Waals surface area contributed by atoms with E-state index in [2.05, 4.69) is 56.2 Å². The number of carboxylic acid groups (broad SMARTS) is 1. The van der Waals surface area contributed by atoms with E-state index in [1.165, 1.54) is 28.8 Å². The fourth-order valence-electron chi connectivity index (χ4n) is 3.25. The van der Waals surface area contributed by atoms with Gasteiger partial charge >= 0.3 is 5.97 Å². The third-order valence-corrected chi connectivity index (χ3v) is 7.77. The number of carbonyl (C=O) groups is 2. The van der Waals surface area contributed by atoms with Crippen LogP contribution in [0.2, 0.25) is 0 Å². The third kappa shape index (κ3) is 6.08. The maximum atomic E-state index is 12.8. The van der Waals surface area contributed by atoms with E-state index < -0.39 is 5.97 Å². The molecule has 3 aromatic rings. The van der Waals surface area contributed by atoms with E-state index >= 15 is 0 Å². The molecule has 1 amide bonds. The molecule has 36 heavy (non-hydrogen) atoms. The molecule has 0 saturated carbocycles. The van der Waals surface area contributed by atoms with Gasteiger partial charge in [-0.15, -0.1) is 0 Å². The van der Waals surface area contributed by atoms with Crippen molar-refractivity contribution < 1.29 is 19.4 Å². The number of thioether (sulfide) groups is 1. The Kier molecular flexibility index (Phi) is 8.32. The Morgan fingerprint density at radius 1 is 1.17 bits per heavy atom. The van der Waals surface area contributed by atoms with Gasteiger partial charge in [0, 0.05) is 7.05 Å². The topological polar surface area (TPSA) is 103 Å². The molecule has 1 N–H and O–H groups in total. The van der Waals surface area contributed by atoms with Crippen molar-refractivity contribution in [2.75, 3.05) is 7.05 Å². The van der Waals surface area contributed by atoms with E-state index in [0.717, 1.165) is 24.0 Å². The lowest BCUT2D eigenvalue weighted by Crippen LogP contribution is -2.23. The largest absolute Gasteiger partial charge is 0.487 e. The van der Waals surface area contributed by atoms with Crippen LogP contribution in [0.25, 0.3) is 6.08 Å². The summed E-state index contributed by atoms with van der Waals surface area (Å²) in [6.45, 7) is 0.375. The highest BCUT2D eigenvalue weighted by molar-refractivity contribution is 14.1. The normalized spacial score (nSPS) is 15.4. The number of carboxylic acids is 1. The van der Waals surface area contributed by atoms with Crippen LogP contribution >= 0.6 is 56.9 Å². The number of ether oxygens (including phenoxy) is 1. The van der Waals surface area contributed by atoms with Crippen molar-refractivity contribution in [1.29, 1.82) is 5.26 Å². The number of amides is 1. The Hall–Kier alpha value is -2.89. The lowest BCUT2D eigenvalue weighted by molar-refractivity contribution is -0.121. The van der Waals surface area contributed by atoms with Gasteiger partial charge in [-0.25, -0.2) is 9.79 Å². The highest BCUT2D eigenvalue weighted by Gasteiger charge is 2.30. The summed E-state index contributed by atoms with van der Waals surface area (Å²) < 4.78 is 7.85. The molecule has 4 rings (SSSR count). The molecule has 0 aromatic heterocycles. The fourth-order valence-corrected chi connectivity index (χ4v) is 6.37. The second-order valence-electron chi connectivity index (χ2n) is 7.64. The van der Waals surface area contributed by atoms with Crippen LogP contribution < -0.4 is 4.74 Å². The number of rotatable bonds is 6. The summed E-state index contributed by atoms with van der Waals surface area (Å²) in [6, 6.07) is 19.5. The molecule has 0 bridgehead atoms. The first-order valence-corrected chi connectivity index (χ1v) is 13.4. The van der Waals surface area contributed by atoms with Crippen molar-refractivity contribution in [2.45, 2.75) is 6.61 Å². The summed E-state index contributed by atoms with van der Waals surface area (Å²) in [5.41, 5.74) is 3.02. The predicted molar refractivity (Wildman–Crippen MR) is 156 cm³/mol. The molecule has 3 aromatic carbocycles. The summed E-state index contributed by atoms with van der Waals surface area (Å²) in [7, 11) is 1.64. The van der Waals surface area contributed by atoms with E-state index in [-0.39, 0.29) is 11.5 Å². The molecule has 180 valence electrons. The standard InChI is InChI=1S/C26H17I2N3O4S/c1-31-24(32)22(36-26(31)30-19-4-2-3-18(12-19)25(33)34)11-17-9-20(27)23(21(28)10-17)35-14-16-7-5-15(13-29)6-8-16/h2-12H,14H2,1H3,(H,33,34)/b22-11+,30-26?. The average molecular weight is 721 g/mol. The molecular formula is C26H17I2N3O4S. The van der Waals surface area contributed by atoms with Crippen LogP contribution in [-0.4, -0.2) is 34.1 Å². The Balaban J connectivity index is 1.53. The van der Waals surface area contributed by atoms with Crippen LogP contribution in [0.5, 0.6) is 5.75 Å². The molecule has 0 aliphatic carbocycles. The predicted octanol–water partition coefficient (Wildman–Crippen LogP) is 6.28. The highest BCUT2D eigenvalue weighted by Crippen LogP contribution is 2.35. The Morgan fingerprint density at radius 3 is 2.50 bits per heavy atom. The zero-order valence-corrected chi connectivity index (χ0v) is 23.9. The number of amidine groups is 1. The molecule has 10 heteroatoms. The van der Waals surface area contributed by atoms with Crippen LogP contribution in [0, 0.1) is 18.5 Å². The molecule has 1 saturated heterocycles. The van der Waals surface area contributed by atoms with Gasteiger partial charge in [0.15, 0.2) is 5.17 Å². The number of hydrogen-bond donors (Lipinski definition) is 1. The number of nitrogens with zero attached hydrogens (tertiary/aromatic N) is 3. The molecule has 1 fully saturated rings. The third-order valence-electron chi connectivity index (χ3n) is 5.11. The molecule has 0 unspecified atom stereocenters. The minimum absolute atomic E-state index is 0.134. The quantitative estimate of drug-likeness (QED) is 0.238. The minimum Gasteiger partial charge on any atom is -0.487 e. The fraction of sp³-hybridized carbons (Fsp3) is 0.0769. The Labute approximate surface area is 239 Å². The number of nitriles is 1. The SMILES string of the molecule is CN1C(=O)/C(=C\c2cc(I)c(OCc3ccc(C#N)cc3)c(I)c2)SC1=Nc1cccc(C(=O)O)c1. The van der Waals surface area contributed by atoms with Gasteiger partial charge in [-0.05, 0) is 117 Å². The number of aliphatic imine (C=N–C) groups is 1. The smallest absolute Gasteiger partial charge is 0.335 e. The summed E-state index contributed by atoms with van der Waals surface area (Å²) in [5.74, 6) is -0.459. The zero-order valence-electron chi connectivity index (χ0n) is 18.7. The van der Waals surface area contributed by atoms with Crippen LogP contribution in [0.1, 0.15) is 27.0 Å². The number of hydrogen-bond acceptors (Lipinski definition) is 6. The molecule has 7 nitrogen and oxygen atoms in total. The van der Waals surface area contributed by atoms with E-state index in [1.54, 1.807) is 31.3 Å². The van der Waals surface area contributed by atoms with Crippen LogP contribution in [0.3, 0.4) is 0 Å². The highest BCUT2D eigenvalue weighted by atomic mass is 127. The molecule has 0 spiro atoms. The van der Waals surface area contributed by atoms with E-state index in [9.17, 15) is 14.7 Å². The summed E-state index contributed by atoms with van der Waals surface area (Å²) in [4.78, 5) is 30.5. The van der Waals surface area contributed by atoms with Crippen LogP contribution in [-0.2, 0) is 11.4 Å². The van der Waals surface area contributed by atoms with Gasteiger partial charge in [0.25, 0.3) is 5.91 Å². The lowest BCUT2D eigenvalue weighted by Gasteiger charge is -2.12. The minimum atomic E-state index is -1.03. The van der Waals surface area contributed by atoms with E-state index in [4.69, 9.17) is 10.00 Å². The van der Waals surface area contributed by atoms with Gasteiger partial charge in [0.05, 0.1) is 34.9 Å². The Morgan fingerprint density at radius 2 is 1.86 bits per heavy atom. The van der Waals surface area contributed by atoms with Gasteiger partial charge in [0.2, 0.25) is 0 Å². The zero-order chi connectivity index (χ0) is 25.8. The molecule has 1 aliphatic heterocycles.